The van der Waals surface area contributed by atoms with Crippen molar-refractivity contribution in [2.45, 2.75) is 44.6 Å². The molecule has 1 saturated carbocycles. The predicted octanol–water partition coefficient (Wildman–Crippen LogP) is 3.63. The average molecular weight is 357 g/mol. The first-order valence-corrected chi connectivity index (χ1v) is 9.44. The van der Waals surface area contributed by atoms with Gasteiger partial charge in [-0.3, -0.25) is 9.89 Å². The van der Waals surface area contributed by atoms with Gasteiger partial charge in [-0.25, -0.2) is 4.39 Å². The predicted molar refractivity (Wildman–Crippen MR) is 95.2 cm³/mol. The molecule has 4 rings (SSSR count). The number of benzene rings is 1. The summed E-state index contributed by atoms with van der Waals surface area (Å²) in [5.74, 6) is 0.434. The largest absolute Gasteiger partial charge is 0.490 e. The highest BCUT2D eigenvalue weighted by Crippen LogP contribution is 2.36. The first kappa shape index (κ1) is 17.1. The van der Waals surface area contributed by atoms with Crippen LogP contribution in [0.1, 0.15) is 49.5 Å². The van der Waals surface area contributed by atoms with Crippen molar-refractivity contribution >= 4 is 5.91 Å². The molecule has 6 heteroatoms. The van der Waals surface area contributed by atoms with Crippen LogP contribution in [0, 0.1) is 11.7 Å². The third-order valence-corrected chi connectivity index (χ3v) is 5.45. The SMILES string of the molecule is O=C(C1CCC1)N1CCC[C@H]1c1cc(CCOc2ccccc2F)[nH]n1. The summed E-state index contributed by atoms with van der Waals surface area (Å²) >= 11 is 0. The molecule has 1 atom stereocenters. The van der Waals surface area contributed by atoms with Gasteiger partial charge in [0.05, 0.1) is 18.3 Å². The molecule has 2 aliphatic rings. The Morgan fingerprint density at radius 1 is 1.27 bits per heavy atom. The second-order valence-electron chi connectivity index (χ2n) is 7.16. The molecule has 138 valence electrons. The van der Waals surface area contributed by atoms with Gasteiger partial charge in [-0.05, 0) is 43.9 Å². The molecule has 1 aliphatic carbocycles. The lowest BCUT2D eigenvalue weighted by Gasteiger charge is -2.32. The summed E-state index contributed by atoms with van der Waals surface area (Å²) in [6.45, 7) is 1.20. The fraction of sp³-hybridized carbons (Fsp3) is 0.500. The molecule has 26 heavy (non-hydrogen) atoms. The number of nitrogens with zero attached hydrogens (tertiary/aromatic N) is 2. The van der Waals surface area contributed by atoms with E-state index in [4.69, 9.17) is 4.74 Å². The number of likely N-dealkylation sites (tertiary alicyclic amines) is 1. The van der Waals surface area contributed by atoms with Gasteiger partial charge in [0.15, 0.2) is 11.6 Å². The second-order valence-corrected chi connectivity index (χ2v) is 7.16. The maximum Gasteiger partial charge on any atom is 0.226 e. The number of amides is 1. The number of hydrogen-bond acceptors (Lipinski definition) is 3. The molecule has 1 N–H and O–H groups in total. The van der Waals surface area contributed by atoms with E-state index in [0.29, 0.717) is 18.9 Å². The lowest BCUT2D eigenvalue weighted by atomic mass is 9.84. The molecule has 0 unspecified atom stereocenters. The summed E-state index contributed by atoms with van der Waals surface area (Å²) in [6, 6.07) is 8.50. The first-order chi connectivity index (χ1) is 12.7. The standard InChI is InChI=1S/C20H24FN3O2/c21-16-7-1-2-9-19(16)26-12-10-15-13-17(23-22-15)18-8-4-11-24(18)20(25)14-5-3-6-14/h1-2,7,9,13-14,18H,3-6,8,10-12H2,(H,22,23)/t18-/m0/s1. The minimum Gasteiger partial charge on any atom is -0.490 e. The summed E-state index contributed by atoms with van der Waals surface area (Å²) in [7, 11) is 0. The van der Waals surface area contributed by atoms with Crippen LogP contribution >= 0.6 is 0 Å². The Labute approximate surface area is 152 Å². The Morgan fingerprint density at radius 3 is 2.88 bits per heavy atom. The first-order valence-electron chi connectivity index (χ1n) is 9.44. The van der Waals surface area contributed by atoms with Crippen LogP contribution in [0.15, 0.2) is 30.3 Å². The number of para-hydroxylation sites is 1. The average Bonchev–Trinajstić information content (AvgIpc) is 3.23. The van der Waals surface area contributed by atoms with Crippen LogP contribution in [-0.2, 0) is 11.2 Å². The lowest BCUT2D eigenvalue weighted by Crippen LogP contribution is -2.38. The molecule has 0 spiro atoms. The summed E-state index contributed by atoms with van der Waals surface area (Å²) in [5.41, 5.74) is 1.87. The molecule has 1 amide bonds. The van der Waals surface area contributed by atoms with Crippen molar-refractivity contribution in [3.05, 3.63) is 47.5 Å². The van der Waals surface area contributed by atoms with Crippen molar-refractivity contribution in [1.29, 1.82) is 0 Å². The van der Waals surface area contributed by atoms with E-state index in [-0.39, 0.29) is 23.5 Å². The van der Waals surface area contributed by atoms with Crippen molar-refractivity contribution in [1.82, 2.24) is 15.1 Å². The number of ether oxygens (including phenoxy) is 1. The van der Waals surface area contributed by atoms with E-state index >= 15 is 0 Å². The summed E-state index contributed by atoms with van der Waals surface area (Å²) in [4.78, 5) is 14.6. The van der Waals surface area contributed by atoms with Gasteiger partial charge >= 0.3 is 0 Å². The van der Waals surface area contributed by atoms with Crippen LogP contribution in [0.5, 0.6) is 5.75 Å². The van der Waals surface area contributed by atoms with Crippen molar-refractivity contribution in [2.24, 2.45) is 5.92 Å². The molecule has 2 heterocycles. The molecular weight excluding hydrogens is 333 g/mol. The van der Waals surface area contributed by atoms with Crippen molar-refractivity contribution in [3.63, 3.8) is 0 Å². The molecular formula is C20H24FN3O2. The fourth-order valence-corrected chi connectivity index (χ4v) is 3.74. The molecule has 5 nitrogen and oxygen atoms in total. The summed E-state index contributed by atoms with van der Waals surface area (Å²) in [5, 5.41) is 7.47. The number of rotatable bonds is 6. The van der Waals surface area contributed by atoms with E-state index < -0.39 is 0 Å². The lowest BCUT2D eigenvalue weighted by molar-refractivity contribution is -0.139. The maximum atomic E-state index is 13.6. The molecule has 2 fully saturated rings. The topological polar surface area (TPSA) is 58.2 Å². The zero-order valence-electron chi connectivity index (χ0n) is 14.8. The molecule has 1 aromatic carbocycles. The zero-order chi connectivity index (χ0) is 17.9. The quantitative estimate of drug-likeness (QED) is 0.859. The van der Waals surface area contributed by atoms with Gasteiger partial charge in [-0.15, -0.1) is 0 Å². The van der Waals surface area contributed by atoms with Gasteiger partial charge in [0.1, 0.15) is 0 Å². The minimum absolute atomic E-state index is 0.0839. The van der Waals surface area contributed by atoms with Crippen LogP contribution < -0.4 is 4.74 Å². The molecule has 1 saturated heterocycles. The number of hydrogen-bond donors (Lipinski definition) is 1. The number of aromatic amines is 1. The van der Waals surface area contributed by atoms with Crippen molar-refractivity contribution < 1.29 is 13.9 Å². The van der Waals surface area contributed by atoms with Crippen molar-refractivity contribution in [2.75, 3.05) is 13.2 Å². The molecule has 1 aliphatic heterocycles. The van der Waals surface area contributed by atoms with Gasteiger partial charge < -0.3 is 9.64 Å². The van der Waals surface area contributed by atoms with Gasteiger partial charge in [0.2, 0.25) is 5.91 Å². The van der Waals surface area contributed by atoms with E-state index in [9.17, 15) is 9.18 Å². The smallest absolute Gasteiger partial charge is 0.226 e. The number of carbonyl (C=O) groups is 1. The monoisotopic (exact) mass is 357 g/mol. The normalized spacial score (nSPS) is 20.2. The Morgan fingerprint density at radius 2 is 2.12 bits per heavy atom. The van der Waals surface area contributed by atoms with E-state index in [0.717, 1.165) is 43.6 Å². The Bertz CT molecular complexity index is 772. The van der Waals surface area contributed by atoms with E-state index in [1.807, 2.05) is 11.0 Å². The number of carbonyl (C=O) groups excluding carboxylic acids is 1. The van der Waals surface area contributed by atoms with Gasteiger partial charge in [0, 0.05) is 24.6 Å². The number of H-pyrrole nitrogens is 1. The number of nitrogens with one attached hydrogen (secondary N) is 1. The zero-order valence-corrected chi connectivity index (χ0v) is 14.8. The Balaban J connectivity index is 1.35. The Hall–Kier alpha value is -2.37. The maximum absolute atomic E-state index is 13.6. The highest BCUT2D eigenvalue weighted by atomic mass is 19.1. The number of aromatic nitrogens is 2. The molecule has 1 aromatic heterocycles. The minimum atomic E-state index is -0.353. The molecule has 2 aromatic rings. The van der Waals surface area contributed by atoms with Crippen LogP contribution in [0.2, 0.25) is 0 Å². The number of halogens is 1. The van der Waals surface area contributed by atoms with Crippen LogP contribution in [0.25, 0.3) is 0 Å². The van der Waals surface area contributed by atoms with Gasteiger partial charge in [-0.2, -0.15) is 5.10 Å². The van der Waals surface area contributed by atoms with Gasteiger partial charge in [-0.1, -0.05) is 18.6 Å². The van der Waals surface area contributed by atoms with Crippen LogP contribution in [0.4, 0.5) is 4.39 Å². The summed E-state index contributed by atoms with van der Waals surface area (Å²) < 4.78 is 19.1. The van der Waals surface area contributed by atoms with E-state index in [1.54, 1.807) is 18.2 Å². The summed E-state index contributed by atoms with van der Waals surface area (Å²) in [6.07, 6.45) is 5.84. The van der Waals surface area contributed by atoms with Gasteiger partial charge in [0.25, 0.3) is 0 Å². The van der Waals surface area contributed by atoms with E-state index in [1.165, 1.54) is 12.5 Å². The van der Waals surface area contributed by atoms with E-state index in [2.05, 4.69) is 10.2 Å². The highest BCUT2D eigenvalue weighted by Gasteiger charge is 2.37. The fourth-order valence-electron chi connectivity index (χ4n) is 3.74. The van der Waals surface area contributed by atoms with Crippen LogP contribution in [0.3, 0.4) is 0 Å². The second kappa shape index (κ2) is 7.48. The molecule has 0 radical (unpaired) electrons. The molecule has 0 bridgehead atoms. The Kier molecular flexibility index (Phi) is 4.91. The third kappa shape index (κ3) is 3.45. The third-order valence-electron chi connectivity index (χ3n) is 5.45. The van der Waals surface area contributed by atoms with Crippen molar-refractivity contribution in [3.8, 4) is 5.75 Å². The van der Waals surface area contributed by atoms with Crippen LogP contribution in [-0.4, -0.2) is 34.2 Å². The highest BCUT2D eigenvalue weighted by molar-refractivity contribution is 5.80.